The number of nitrogens with zero attached hydrogens (tertiary/aromatic N) is 1. The molecule has 0 aromatic heterocycles. The van der Waals surface area contributed by atoms with E-state index in [0.717, 1.165) is 0 Å². The molecule has 0 saturated carbocycles. The van der Waals surface area contributed by atoms with E-state index < -0.39 is 6.09 Å². The average Bonchev–Trinajstić information content (AvgIpc) is 2.64. The van der Waals surface area contributed by atoms with Gasteiger partial charge in [0.2, 0.25) is 0 Å². The molecule has 0 radical (unpaired) electrons. The second kappa shape index (κ2) is 4.49. The third-order valence-corrected chi connectivity index (χ3v) is 3.17. The topological polar surface area (TPSA) is 55.6 Å². The molecule has 1 aliphatic rings. The Bertz CT molecular complexity index is 425. The minimum absolute atomic E-state index is 0.289. The molecule has 1 aromatic carbocycles. The van der Waals surface area contributed by atoms with Gasteiger partial charge in [0.25, 0.3) is 0 Å². The van der Waals surface area contributed by atoms with Crippen LogP contribution in [0.25, 0.3) is 0 Å². The van der Waals surface area contributed by atoms with Crippen LogP contribution in [0, 0.1) is 0 Å². The van der Waals surface area contributed by atoms with E-state index in [9.17, 15) is 4.79 Å². The maximum atomic E-state index is 11.6. The van der Waals surface area contributed by atoms with Crippen LogP contribution in [0.4, 0.5) is 10.5 Å². The number of benzene rings is 1. The lowest BCUT2D eigenvalue weighted by Gasteiger charge is -2.14. The fourth-order valence-corrected chi connectivity index (χ4v) is 1.94. The normalized spacial score (nSPS) is 20.1. The molecule has 1 aromatic rings. The molecule has 1 fully saturated rings. The smallest absolute Gasteiger partial charge is 0.414 e. The second-order valence-corrected chi connectivity index (χ2v) is 4.21. The lowest BCUT2D eigenvalue weighted by atomic mass is 10.2. The number of amides is 1. The van der Waals surface area contributed by atoms with E-state index in [1.807, 2.05) is 0 Å². The van der Waals surface area contributed by atoms with Crippen molar-refractivity contribution in [2.75, 3.05) is 18.0 Å². The zero-order valence-electron chi connectivity index (χ0n) is 8.32. The van der Waals surface area contributed by atoms with Gasteiger partial charge in [-0.3, -0.25) is 4.90 Å². The van der Waals surface area contributed by atoms with Gasteiger partial charge in [-0.25, -0.2) is 4.79 Å². The third kappa shape index (κ3) is 1.96. The fraction of sp³-hybridized carbons (Fsp3) is 0.300. The Kier molecular flexibility index (Phi) is 3.23. The Morgan fingerprint density at radius 2 is 2.25 bits per heavy atom. The molecular weight excluding hydrogens is 251 g/mol. The Labute approximate surface area is 103 Å². The van der Waals surface area contributed by atoms with Crippen molar-refractivity contribution >= 4 is 35.0 Å². The molecule has 2 N–H and O–H groups in total. The summed E-state index contributed by atoms with van der Waals surface area (Å²) in [5.41, 5.74) is 5.99. The molecule has 1 atom stereocenters. The first-order valence-corrected chi connectivity index (χ1v) is 5.51. The van der Waals surface area contributed by atoms with Crippen molar-refractivity contribution in [3.8, 4) is 0 Å². The summed E-state index contributed by atoms with van der Waals surface area (Å²) in [4.78, 5) is 13.0. The summed E-state index contributed by atoms with van der Waals surface area (Å²) < 4.78 is 5.03. The molecule has 86 valence electrons. The van der Waals surface area contributed by atoms with Crippen molar-refractivity contribution in [3.63, 3.8) is 0 Å². The van der Waals surface area contributed by atoms with Gasteiger partial charge in [0.15, 0.2) is 0 Å². The molecule has 1 amide bonds. The standard InChI is InChI=1S/C10H10Cl2N2O2/c11-7-2-1-3-8(9(7)12)14-5-6(4-13)16-10(14)15/h1-3,6H,4-5,13H2. The molecule has 1 aliphatic heterocycles. The van der Waals surface area contributed by atoms with Crippen molar-refractivity contribution in [2.24, 2.45) is 5.73 Å². The van der Waals surface area contributed by atoms with Crippen molar-refractivity contribution < 1.29 is 9.53 Å². The van der Waals surface area contributed by atoms with Crippen LogP contribution in [0.2, 0.25) is 10.0 Å². The van der Waals surface area contributed by atoms with E-state index in [1.165, 1.54) is 4.90 Å². The Balaban J connectivity index is 2.31. The van der Waals surface area contributed by atoms with E-state index in [1.54, 1.807) is 18.2 Å². The number of halogens is 2. The summed E-state index contributed by atoms with van der Waals surface area (Å²) in [6.07, 6.45) is -0.734. The summed E-state index contributed by atoms with van der Waals surface area (Å²) in [5, 5.41) is 0.752. The van der Waals surface area contributed by atoms with Gasteiger partial charge in [-0.2, -0.15) is 0 Å². The van der Waals surface area contributed by atoms with Gasteiger partial charge >= 0.3 is 6.09 Å². The summed E-state index contributed by atoms with van der Waals surface area (Å²) >= 11 is 11.9. The van der Waals surface area contributed by atoms with Gasteiger partial charge in [-0.15, -0.1) is 0 Å². The minimum Gasteiger partial charge on any atom is -0.443 e. The molecule has 16 heavy (non-hydrogen) atoms. The molecule has 1 heterocycles. The average molecular weight is 261 g/mol. The highest BCUT2D eigenvalue weighted by Crippen LogP contribution is 2.34. The number of rotatable bonds is 2. The minimum atomic E-state index is -0.445. The lowest BCUT2D eigenvalue weighted by molar-refractivity contribution is 0.145. The summed E-state index contributed by atoms with van der Waals surface area (Å²) in [7, 11) is 0. The predicted octanol–water partition coefficient (Wildman–Crippen LogP) is 2.28. The Morgan fingerprint density at radius 1 is 1.50 bits per heavy atom. The van der Waals surface area contributed by atoms with E-state index in [4.69, 9.17) is 33.7 Å². The second-order valence-electron chi connectivity index (χ2n) is 3.43. The van der Waals surface area contributed by atoms with E-state index >= 15 is 0 Å². The maximum Gasteiger partial charge on any atom is 0.414 e. The number of cyclic esters (lactones) is 1. The van der Waals surface area contributed by atoms with Crippen LogP contribution >= 0.6 is 23.2 Å². The Morgan fingerprint density at radius 3 is 2.88 bits per heavy atom. The molecule has 2 rings (SSSR count). The van der Waals surface area contributed by atoms with Crippen LogP contribution in [-0.2, 0) is 4.74 Å². The fourth-order valence-electron chi connectivity index (χ4n) is 1.54. The summed E-state index contributed by atoms with van der Waals surface area (Å²) in [6, 6.07) is 5.11. The number of hydrogen-bond acceptors (Lipinski definition) is 3. The quantitative estimate of drug-likeness (QED) is 0.888. The van der Waals surface area contributed by atoms with Crippen LogP contribution in [0.15, 0.2) is 18.2 Å². The number of ether oxygens (including phenoxy) is 1. The largest absolute Gasteiger partial charge is 0.443 e. The van der Waals surface area contributed by atoms with Crippen LogP contribution in [0.5, 0.6) is 0 Å². The highest BCUT2D eigenvalue weighted by molar-refractivity contribution is 6.44. The van der Waals surface area contributed by atoms with Crippen molar-refractivity contribution in [1.29, 1.82) is 0 Å². The lowest BCUT2D eigenvalue weighted by Crippen LogP contribution is -2.27. The Hall–Kier alpha value is -0.970. The van der Waals surface area contributed by atoms with Gasteiger partial charge in [0, 0.05) is 6.54 Å². The van der Waals surface area contributed by atoms with Crippen LogP contribution < -0.4 is 10.6 Å². The molecule has 0 spiro atoms. The summed E-state index contributed by atoms with van der Waals surface area (Å²) in [6.45, 7) is 0.690. The first-order valence-electron chi connectivity index (χ1n) is 4.75. The van der Waals surface area contributed by atoms with E-state index in [0.29, 0.717) is 28.8 Å². The van der Waals surface area contributed by atoms with E-state index in [-0.39, 0.29) is 6.10 Å². The van der Waals surface area contributed by atoms with Crippen LogP contribution in [0.3, 0.4) is 0 Å². The van der Waals surface area contributed by atoms with Crippen LogP contribution in [-0.4, -0.2) is 25.3 Å². The van der Waals surface area contributed by atoms with Gasteiger partial charge in [-0.05, 0) is 12.1 Å². The molecular formula is C10H10Cl2N2O2. The molecule has 1 unspecified atom stereocenters. The number of carbonyl (C=O) groups is 1. The summed E-state index contributed by atoms with van der Waals surface area (Å²) in [5.74, 6) is 0. The molecule has 4 nitrogen and oxygen atoms in total. The highest BCUT2D eigenvalue weighted by Gasteiger charge is 2.32. The SMILES string of the molecule is NCC1CN(c2cccc(Cl)c2Cl)C(=O)O1. The van der Waals surface area contributed by atoms with Crippen molar-refractivity contribution in [3.05, 3.63) is 28.2 Å². The monoisotopic (exact) mass is 260 g/mol. The van der Waals surface area contributed by atoms with Crippen LogP contribution in [0.1, 0.15) is 0 Å². The predicted molar refractivity (Wildman–Crippen MR) is 63.1 cm³/mol. The van der Waals surface area contributed by atoms with Gasteiger partial charge < -0.3 is 10.5 Å². The molecule has 0 bridgehead atoms. The molecule has 6 heteroatoms. The van der Waals surface area contributed by atoms with Gasteiger partial charge in [0.1, 0.15) is 6.10 Å². The zero-order valence-corrected chi connectivity index (χ0v) is 9.83. The number of carbonyl (C=O) groups excluding carboxylic acids is 1. The first-order chi connectivity index (χ1) is 7.63. The third-order valence-electron chi connectivity index (χ3n) is 2.36. The van der Waals surface area contributed by atoms with Crippen molar-refractivity contribution in [1.82, 2.24) is 0 Å². The number of hydrogen-bond donors (Lipinski definition) is 1. The highest BCUT2D eigenvalue weighted by atomic mass is 35.5. The first kappa shape index (κ1) is 11.5. The van der Waals surface area contributed by atoms with Crippen molar-refractivity contribution in [2.45, 2.75) is 6.10 Å². The van der Waals surface area contributed by atoms with Gasteiger partial charge in [-0.1, -0.05) is 29.3 Å². The molecule has 0 aliphatic carbocycles. The maximum absolute atomic E-state index is 11.6. The van der Waals surface area contributed by atoms with E-state index in [2.05, 4.69) is 0 Å². The number of nitrogens with two attached hydrogens (primary N) is 1. The molecule has 1 saturated heterocycles. The van der Waals surface area contributed by atoms with Gasteiger partial charge in [0.05, 0.1) is 22.3 Å². The number of anilines is 1. The zero-order chi connectivity index (χ0) is 11.7.